The van der Waals surface area contributed by atoms with Crippen LogP contribution in [0, 0.1) is 6.92 Å². The number of hydrogen-bond donors (Lipinski definition) is 0. The summed E-state index contributed by atoms with van der Waals surface area (Å²) in [5.41, 5.74) is 2.72. The lowest BCUT2D eigenvalue weighted by Crippen LogP contribution is -2.35. The Morgan fingerprint density at radius 3 is 2.72 bits per heavy atom. The fourth-order valence-corrected chi connectivity index (χ4v) is 3.62. The molecular formula is C23H25N3O3. The highest BCUT2D eigenvalue weighted by Gasteiger charge is 2.18. The largest absolute Gasteiger partial charge is 0.490 e. The molecule has 0 radical (unpaired) electrons. The Hall–Kier alpha value is -2.99. The number of benzene rings is 2. The molecule has 29 heavy (non-hydrogen) atoms. The van der Waals surface area contributed by atoms with Crippen LogP contribution in [0.15, 0.2) is 42.7 Å². The Bertz CT molecular complexity index is 1010. The van der Waals surface area contributed by atoms with Gasteiger partial charge in [-0.1, -0.05) is 12.1 Å². The van der Waals surface area contributed by atoms with E-state index in [1.54, 1.807) is 0 Å². The monoisotopic (exact) mass is 391 g/mol. The molecule has 0 bridgehead atoms. The first kappa shape index (κ1) is 19.3. The van der Waals surface area contributed by atoms with Gasteiger partial charge < -0.3 is 19.2 Å². The van der Waals surface area contributed by atoms with E-state index in [4.69, 9.17) is 9.47 Å². The predicted molar refractivity (Wildman–Crippen MR) is 112 cm³/mol. The molecule has 4 rings (SSSR count). The van der Waals surface area contributed by atoms with E-state index < -0.39 is 0 Å². The van der Waals surface area contributed by atoms with E-state index in [0.717, 1.165) is 60.0 Å². The average molecular weight is 391 g/mol. The zero-order valence-electron chi connectivity index (χ0n) is 16.8. The Morgan fingerprint density at radius 2 is 1.97 bits per heavy atom. The Kier molecular flexibility index (Phi) is 5.71. The molecule has 1 aromatic heterocycles. The highest BCUT2D eigenvalue weighted by atomic mass is 16.5. The van der Waals surface area contributed by atoms with E-state index in [-0.39, 0.29) is 6.10 Å². The van der Waals surface area contributed by atoms with Crippen molar-refractivity contribution >= 4 is 17.2 Å². The third-order valence-corrected chi connectivity index (χ3v) is 5.30. The predicted octanol–water partition coefficient (Wildman–Crippen LogP) is 3.94. The van der Waals surface area contributed by atoms with Crippen molar-refractivity contribution in [1.29, 1.82) is 0 Å². The van der Waals surface area contributed by atoms with Gasteiger partial charge in [0.05, 0.1) is 10.9 Å². The van der Waals surface area contributed by atoms with Gasteiger partial charge in [-0.05, 0) is 62.2 Å². The van der Waals surface area contributed by atoms with Crippen LogP contribution >= 0.6 is 0 Å². The maximum Gasteiger partial charge on any atom is 0.230 e. The molecule has 0 amide bonds. The minimum Gasteiger partial charge on any atom is -0.490 e. The van der Waals surface area contributed by atoms with E-state index >= 15 is 0 Å². The van der Waals surface area contributed by atoms with Crippen LogP contribution < -0.4 is 9.47 Å². The normalized spacial score (nSPS) is 15.4. The Balaban J connectivity index is 1.58. The zero-order valence-corrected chi connectivity index (χ0v) is 16.8. The van der Waals surface area contributed by atoms with Crippen LogP contribution in [0.4, 0.5) is 0 Å². The summed E-state index contributed by atoms with van der Waals surface area (Å²) in [5.74, 6) is 2.01. The molecule has 150 valence electrons. The molecule has 0 spiro atoms. The molecule has 6 nitrogen and oxygen atoms in total. The summed E-state index contributed by atoms with van der Waals surface area (Å²) in [6.45, 7) is 4.06. The summed E-state index contributed by atoms with van der Waals surface area (Å²) < 4.78 is 12.3. The second-order valence-electron chi connectivity index (χ2n) is 7.55. The Labute approximate surface area is 170 Å². The van der Waals surface area contributed by atoms with Gasteiger partial charge in [-0.3, -0.25) is 0 Å². The van der Waals surface area contributed by atoms with Crippen molar-refractivity contribution in [1.82, 2.24) is 14.9 Å². The number of aryl methyl sites for hydroxylation is 1. The number of nitrogens with zero attached hydrogens (tertiary/aromatic N) is 3. The van der Waals surface area contributed by atoms with Gasteiger partial charge in [0.2, 0.25) is 5.88 Å². The molecule has 1 aliphatic heterocycles. The number of piperidine rings is 1. The Morgan fingerprint density at radius 1 is 1.14 bits per heavy atom. The molecule has 6 heteroatoms. The summed E-state index contributed by atoms with van der Waals surface area (Å²) in [7, 11) is 2.14. The highest BCUT2D eigenvalue weighted by molar-refractivity contribution is 5.84. The zero-order chi connectivity index (χ0) is 20.2. The molecule has 2 heterocycles. The molecule has 0 aliphatic carbocycles. The van der Waals surface area contributed by atoms with Crippen LogP contribution in [-0.4, -0.2) is 47.4 Å². The maximum absolute atomic E-state index is 10.7. The van der Waals surface area contributed by atoms with Gasteiger partial charge in [-0.15, -0.1) is 0 Å². The number of fused-ring (bicyclic) bond motifs is 1. The van der Waals surface area contributed by atoms with Crippen molar-refractivity contribution in [3.8, 4) is 17.4 Å². The van der Waals surface area contributed by atoms with Crippen LogP contribution in [-0.2, 0) is 11.2 Å². The first-order chi connectivity index (χ1) is 14.1. The molecule has 1 fully saturated rings. The fourth-order valence-electron chi connectivity index (χ4n) is 3.62. The SMILES string of the molecule is Cc1cc(CC=O)ccc1Oc1ncnc2ccc(OC3CCN(C)CC3)cc12. The number of aromatic nitrogens is 2. The minimum atomic E-state index is 0.227. The quantitative estimate of drug-likeness (QED) is 0.593. The second kappa shape index (κ2) is 8.57. The van der Waals surface area contributed by atoms with Crippen molar-refractivity contribution in [2.45, 2.75) is 32.3 Å². The van der Waals surface area contributed by atoms with Crippen molar-refractivity contribution in [2.75, 3.05) is 20.1 Å². The lowest BCUT2D eigenvalue weighted by Gasteiger charge is -2.29. The second-order valence-corrected chi connectivity index (χ2v) is 7.55. The number of likely N-dealkylation sites (tertiary alicyclic amines) is 1. The van der Waals surface area contributed by atoms with E-state index in [1.165, 1.54) is 6.33 Å². The lowest BCUT2D eigenvalue weighted by atomic mass is 10.1. The van der Waals surface area contributed by atoms with Crippen LogP contribution in [0.2, 0.25) is 0 Å². The van der Waals surface area contributed by atoms with E-state index in [1.807, 2.05) is 43.3 Å². The van der Waals surface area contributed by atoms with Gasteiger partial charge >= 0.3 is 0 Å². The van der Waals surface area contributed by atoms with Gasteiger partial charge in [-0.25, -0.2) is 9.97 Å². The molecule has 2 aromatic carbocycles. The maximum atomic E-state index is 10.7. The molecule has 3 aromatic rings. The third kappa shape index (κ3) is 4.54. The van der Waals surface area contributed by atoms with Gasteiger partial charge in [0.1, 0.15) is 30.2 Å². The molecule has 0 unspecified atom stereocenters. The number of hydrogen-bond acceptors (Lipinski definition) is 6. The van der Waals surface area contributed by atoms with Gasteiger partial charge in [0.25, 0.3) is 0 Å². The van der Waals surface area contributed by atoms with Gasteiger partial charge in [-0.2, -0.15) is 0 Å². The number of carbonyl (C=O) groups excluding carboxylic acids is 1. The van der Waals surface area contributed by atoms with Gasteiger partial charge in [0.15, 0.2) is 0 Å². The van der Waals surface area contributed by atoms with Crippen LogP contribution in [0.3, 0.4) is 0 Å². The molecular weight excluding hydrogens is 366 g/mol. The number of aldehydes is 1. The number of carbonyl (C=O) groups is 1. The summed E-state index contributed by atoms with van der Waals surface area (Å²) >= 11 is 0. The smallest absolute Gasteiger partial charge is 0.230 e. The first-order valence-electron chi connectivity index (χ1n) is 9.93. The summed E-state index contributed by atoms with van der Waals surface area (Å²) in [4.78, 5) is 21.8. The number of ether oxygens (including phenoxy) is 2. The average Bonchev–Trinajstić information content (AvgIpc) is 2.72. The standard InChI is InChI=1S/C23H25N3O3/c1-16-13-17(9-12-27)3-6-22(16)29-23-20-14-19(4-5-21(20)24-15-25-23)28-18-7-10-26(2)11-8-18/h3-6,12-15,18H,7-11H2,1-2H3. The highest BCUT2D eigenvalue weighted by Crippen LogP contribution is 2.32. The first-order valence-corrected chi connectivity index (χ1v) is 9.93. The molecule has 1 aliphatic rings. The van der Waals surface area contributed by atoms with Gasteiger partial charge in [0, 0.05) is 19.5 Å². The summed E-state index contributed by atoms with van der Waals surface area (Å²) in [6.07, 6.45) is 5.08. The van der Waals surface area contributed by atoms with Crippen molar-refractivity contribution in [2.24, 2.45) is 0 Å². The van der Waals surface area contributed by atoms with Crippen LogP contribution in [0.1, 0.15) is 24.0 Å². The molecule has 0 atom stereocenters. The molecule has 0 N–H and O–H groups in total. The molecule has 1 saturated heterocycles. The summed E-state index contributed by atoms with van der Waals surface area (Å²) in [5, 5.41) is 0.814. The van der Waals surface area contributed by atoms with Crippen LogP contribution in [0.5, 0.6) is 17.4 Å². The van der Waals surface area contributed by atoms with Crippen molar-refractivity contribution < 1.29 is 14.3 Å². The molecule has 0 saturated carbocycles. The fraction of sp³-hybridized carbons (Fsp3) is 0.348. The topological polar surface area (TPSA) is 64.5 Å². The number of rotatable bonds is 6. The third-order valence-electron chi connectivity index (χ3n) is 5.30. The van der Waals surface area contributed by atoms with E-state index in [2.05, 4.69) is 21.9 Å². The lowest BCUT2D eigenvalue weighted by molar-refractivity contribution is -0.107. The minimum absolute atomic E-state index is 0.227. The van der Waals surface area contributed by atoms with E-state index in [0.29, 0.717) is 18.1 Å². The van der Waals surface area contributed by atoms with E-state index in [9.17, 15) is 4.79 Å². The summed E-state index contributed by atoms with van der Waals surface area (Å²) in [6, 6.07) is 11.6. The van der Waals surface area contributed by atoms with Crippen LogP contribution in [0.25, 0.3) is 10.9 Å². The van der Waals surface area contributed by atoms with Crippen molar-refractivity contribution in [3.05, 3.63) is 53.9 Å². The van der Waals surface area contributed by atoms with Crippen molar-refractivity contribution in [3.63, 3.8) is 0 Å².